The van der Waals surface area contributed by atoms with E-state index in [-0.39, 0.29) is 11.1 Å². The number of aromatic nitrogens is 4. The van der Waals surface area contributed by atoms with Gasteiger partial charge in [-0.1, -0.05) is 29.8 Å². The van der Waals surface area contributed by atoms with Gasteiger partial charge in [-0.25, -0.2) is 14.9 Å². The van der Waals surface area contributed by atoms with Crippen molar-refractivity contribution in [3.8, 4) is 5.82 Å². The maximum Gasteiger partial charge on any atom is 0.267 e. The second-order valence-corrected chi connectivity index (χ2v) is 6.73. The van der Waals surface area contributed by atoms with E-state index in [4.69, 9.17) is 11.6 Å². The Hall–Kier alpha value is -3.58. The number of fused-ring (bicyclic) bond motifs is 3. The number of hydrogen-bond acceptors (Lipinski definition) is 5. The number of carbonyl (C=O) groups excluding carboxylic acids is 2. The molecule has 1 aromatic carbocycles. The van der Waals surface area contributed by atoms with Gasteiger partial charge in [0.1, 0.15) is 0 Å². The second kappa shape index (κ2) is 5.97. The van der Waals surface area contributed by atoms with E-state index in [2.05, 4.69) is 15.1 Å². The smallest absolute Gasteiger partial charge is 0.267 e. The molecule has 0 saturated carbocycles. The third-order valence-electron chi connectivity index (χ3n) is 4.68. The number of rotatable bonds is 2. The van der Waals surface area contributed by atoms with Gasteiger partial charge in [0, 0.05) is 12.4 Å². The normalized spacial score (nSPS) is 13.4. The molecule has 28 heavy (non-hydrogen) atoms. The zero-order valence-electron chi connectivity index (χ0n) is 14.6. The Labute approximate surface area is 164 Å². The molecule has 8 heteroatoms. The highest BCUT2D eigenvalue weighted by Crippen LogP contribution is 2.36. The van der Waals surface area contributed by atoms with E-state index >= 15 is 0 Å². The molecule has 4 aromatic rings. The maximum absolute atomic E-state index is 13.2. The van der Waals surface area contributed by atoms with Crippen molar-refractivity contribution in [3.63, 3.8) is 0 Å². The lowest BCUT2D eigenvalue weighted by Gasteiger charge is -2.15. The van der Waals surface area contributed by atoms with Gasteiger partial charge in [-0.2, -0.15) is 9.78 Å². The SMILES string of the molecule is Cc1nn(-c2ccccn2)c2ncc3c(c12)C(=O)N(c1ccccc1Cl)C3=O. The molecule has 4 heterocycles. The van der Waals surface area contributed by atoms with Crippen molar-refractivity contribution in [2.24, 2.45) is 0 Å². The highest BCUT2D eigenvalue weighted by atomic mass is 35.5. The molecule has 0 N–H and O–H groups in total. The number of para-hydroxylation sites is 1. The first kappa shape index (κ1) is 16.6. The molecule has 5 rings (SSSR count). The summed E-state index contributed by atoms with van der Waals surface area (Å²) in [6, 6.07) is 12.2. The average Bonchev–Trinajstić information content (AvgIpc) is 3.18. The zero-order valence-corrected chi connectivity index (χ0v) is 15.4. The first-order valence-electron chi connectivity index (χ1n) is 8.51. The van der Waals surface area contributed by atoms with Gasteiger partial charge in [0.25, 0.3) is 11.8 Å². The lowest BCUT2D eigenvalue weighted by atomic mass is 10.1. The summed E-state index contributed by atoms with van der Waals surface area (Å²) in [5.74, 6) is -0.315. The topological polar surface area (TPSA) is 81.0 Å². The summed E-state index contributed by atoms with van der Waals surface area (Å²) in [7, 11) is 0. The van der Waals surface area contributed by atoms with Crippen LogP contribution < -0.4 is 4.90 Å². The maximum atomic E-state index is 13.2. The number of hydrogen-bond donors (Lipinski definition) is 0. The van der Waals surface area contributed by atoms with Crippen molar-refractivity contribution in [2.75, 3.05) is 4.90 Å². The van der Waals surface area contributed by atoms with Crippen LogP contribution in [-0.2, 0) is 0 Å². The minimum atomic E-state index is -0.451. The molecule has 3 aromatic heterocycles. The Morgan fingerprint density at radius 3 is 2.50 bits per heavy atom. The number of halogens is 1. The summed E-state index contributed by atoms with van der Waals surface area (Å²) in [5, 5.41) is 5.36. The van der Waals surface area contributed by atoms with Crippen LogP contribution in [0.15, 0.2) is 54.9 Å². The number of imide groups is 1. The van der Waals surface area contributed by atoms with Crippen LogP contribution in [0.2, 0.25) is 5.02 Å². The number of pyridine rings is 2. The number of anilines is 1. The molecule has 7 nitrogen and oxygen atoms in total. The fourth-order valence-electron chi connectivity index (χ4n) is 3.45. The van der Waals surface area contributed by atoms with Crippen LogP contribution in [0.1, 0.15) is 26.4 Å². The van der Waals surface area contributed by atoms with Crippen LogP contribution in [0, 0.1) is 6.92 Å². The Balaban J connectivity index is 1.75. The fraction of sp³-hybridized carbons (Fsp3) is 0.0500. The van der Waals surface area contributed by atoms with Gasteiger partial charge >= 0.3 is 0 Å². The summed E-state index contributed by atoms with van der Waals surface area (Å²) in [4.78, 5) is 36.0. The monoisotopic (exact) mass is 389 g/mol. The van der Waals surface area contributed by atoms with E-state index in [1.165, 1.54) is 6.20 Å². The van der Waals surface area contributed by atoms with Crippen molar-refractivity contribution in [2.45, 2.75) is 6.92 Å². The van der Waals surface area contributed by atoms with E-state index in [1.807, 2.05) is 6.07 Å². The summed E-state index contributed by atoms with van der Waals surface area (Å²) >= 11 is 6.22. The Bertz CT molecular complexity index is 1280. The van der Waals surface area contributed by atoms with Crippen molar-refractivity contribution >= 4 is 40.1 Å². The van der Waals surface area contributed by atoms with E-state index in [0.29, 0.717) is 33.3 Å². The van der Waals surface area contributed by atoms with Crippen molar-refractivity contribution in [1.82, 2.24) is 19.7 Å². The third kappa shape index (κ3) is 2.20. The molecular weight excluding hydrogens is 378 g/mol. The average molecular weight is 390 g/mol. The van der Waals surface area contributed by atoms with Crippen molar-refractivity contribution in [1.29, 1.82) is 0 Å². The summed E-state index contributed by atoms with van der Waals surface area (Å²) in [5.41, 5.74) is 1.93. The molecular formula is C20H12ClN5O2. The fourth-order valence-corrected chi connectivity index (χ4v) is 3.67. The van der Waals surface area contributed by atoms with E-state index in [0.717, 1.165) is 4.90 Å². The van der Waals surface area contributed by atoms with Crippen molar-refractivity contribution < 1.29 is 9.59 Å². The predicted molar refractivity (Wildman–Crippen MR) is 104 cm³/mol. The number of amides is 2. The Morgan fingerprint density at radius 2 is 1.75 bits per heavy atom. The first-order valence-corrected chi connectivity index (χ1v) is 8.89. The summed E-state index contributed by atoms with van der Waals surface area (Å²) in [6.45, 7) is 1.78. The van der Waals surface area contributed by atoms with Crippen LogP contribution in [-0.4, -0.2) is 31.6 Å². The van der Waals surface area contributed by atoms with Crippen LogP contribution in [0.25, 0.3) is 16.9 Å². The molecule has 2 amide bonds. The van der Waals surface area contributed by atoms with Crippen LogP contribution >= 0.6 is 11.6 Å². The molecule has 0 spiro atoms. The van der Waals surface area contributed by atoms with Gasteiger partial charge in [0.2, 0.25) is 0 Å². The van der Waals surface area contributed by atoms with Gasteiger partial charge in [0.15, 0.2) is 11.5 Å². The molecule has 1 aliphatic rings. The molecule has 0 atom stereocenters. The first-order chi connectivity index (χ1) is 13.6. The molecule has 136 valence electrons. The molecule has 1 aliphatic heterocycles. The van der Waals surface area contributed by atoms with Gasteiger partial charge in [-0.3, -0.25) is 9.59 Å². The minimum absolute atomic E-state index is 0.237. The number of benzene rings is 1. The van der Waals surface area contributed by atoms with Gasteiger partial charge in [-0.05, 0) is 31.2 Å². The molecule has 0 unspecified atom stereocenters. The summed E-state index contributed by atoms with van der Waals surface area (Å²) < 4.78 is 1.57. The minimum Gasteiger partial charge on any atom is -0.268 e. The quantitative estimate of drug-likeness (QED) is 0.489. The summed E-state index contributed by atoms with van der Waals surface area (Å²) in [6.07, 6.45) is 3.06. The van der Waals surface area contributed by atoms with Crippen LogP contribution in [0.4, 0.5) is 5.69 Å². The van der Waals surface area contributed by atoms with Gasteiger partial charge in [-0.15, -0.1) is 0 Å². The predicted octanol–water partition coefficient (Wildman–Crippen LogP) is 3.58. The second-order valence-electron chi connectivity index (χ2n) is 6.33. The molecule has 0 saturated heterocycles. The number of carbonyl (C=O) groups is 2. The standard InChI is InChI=1S/C20H12ClN5O2/c1-11-16-17-12(10-23-18(16)26(24-11)15-8-4-5-9-22-15)19(27)25(20(17)28)14-7-3-2-6-13(14)21/h2-10H,1H3. The lowest BCUT2D eigenvalue weighted by Crippen LogP contribution is -2.29. The largest absolute Gasteiger partial charge is 0.268 e. The molecule has 0 bridgehead atoms. The van der Waals surface area contributed by atoms with E-state index < -0.39 is 11.8 Å². The van der Waals surface area contributed by atoms with Crippen LogP contribution in [0.3, 0.4) is 0 Å². The zero-order chi connectivity index (χ0) is 19.4. The molecule has 0 aliphatic carbocycles. The lowest BCUT2D eigenvalue weighted by molar-refractivity contribution is 0.0926. The van der Waals surface area contributed by atoms with Crippen molar-refractivity contribution in [3.05, 3.63) is 76.7 Å². The number of aryl methyl sites for hydroxylation is 1. The number of nitrogens with zero attached hydrogens (tertiary/aromatic N) is 5. The highest BCUT2D eigenvalue weighted by Gasteiger charge is 2.40. The Morgan fingerprint density at radius 1 is 0.964 bits per heavy atom. The molecule has 0 fully saturated rings. The van der Waals surface area contributed by atoms with E-state index in [9.17, 15) is 9.59 Å². The molecule has 0 radical (unpaired) electrons. The highest BCUT2D eigenvalue weighted by molar-refractivity contribution is 6.41. The third-order valence-corrected chi connectivity index (χ3v) is 5.00. The van der Waals surface area contributed by atoms with E-state index in [1.54, 1.807) is 54.2 Å². The van der Waals surface area contributed by atoms with Gasteiger partial charge in [0.05, 0.1) is 32.9 Å². The Kier molecular flexibility index (Phi) is 3.53. The van der Waals surface area contributed by atoms with Gasteiger partial charge < -0.3 is 0 Å². The van der Waals surface area contributed by atoms with Crippen LogP contribution in [0.5, 0.6) is 0 Å².